The van der Waals surface area contributed by atoms with Gasteiger partial charge in [0.2, 0.25) is 5.91 Å². The molecule has 2 N–H and O–H groups in total. The second-order valence-electron chi connectivity index (χ2n) is 3.75. The van der Waals surface area contributed by atoms with Gasteiger partial charge in [0, 0.05) is 20.2 Å². The number of nitrogens with zero attached hydrogens (tertiary/aromatic N) is 1. The molecule has 0 saturated carbocycles. The molecular weight excluding hydrogens is 196 g/mol. The Balaban J connectivity index is 2.44. The minimum absolute atomic E-state index is 0.0157. The van der Waals surface area contributed by atoms with Crippen LogP contribution in [0.2, 0.25) is 0 Å². The minimum Gasteiger partial charge on any atom is -0.382 e. The SMILES string of the molecule is CC[C@H](N)C(=O)N1CCOC(COC)C1. The number of ether oxygens (including phenoxy) is 2. The predicted octanol–water partition coefficient (Wildman–Crippen LogP) is -0.402. The maximum atomic E-state index is 11.8. The summed E-state index contributed by atoms with van der Waals surface area (Å²) in [5.74, 6) is 0.0157. The molecule has 5 heteroatoms. The van der Waals surface area contributed by atoms with Gasteiger partial charge in [0.05, 0.1) is 25.4 Å². The molecule has 88 valence electrons. The zero-order valence-electron chi connectivity index (χ0n) is 9.44. The molecule has 1 aliphatic heterocycles. The van der Waals surface area contributed by atoms with Crippen molar-refractivity contribution < 1.29 is 14.3 Å². The van der Waals surface area contributed by atoms with E-state index in [1.54, 1.807) is 12.0 Å². The van der Waals surface area contributed by atoms with Crippen molar-refractivity contribution in [3.8, 4) is 0 Å². The largest absolute Gasteiger partial charge is 0.382 e. The number of nitrogens with two attached hydrogens (primary N) is 1. The maximum absolute atomic E-state index is 11.8. The molecule has 2 atom stereocenters. The second kappa shape index (κ2) is 6.05. The van der Waals surface area contributed by atoms with Gasteiger partial charge in [-0.15, -0.1) is 0 Å². The van der Waals surface area contributed by atoms with E-state index in [-0.39, 0.29) is 18.1 Å². The van der Waals surface area contributed by atoms with Crippen molar-refractivity contribution in [2.45, 2.75) is 25.5 Å². The quantitative estimate of drug-likeness (QED) is 0.694. The van der Waals surface area contributed by atoms with Crippen LogP contribution in [0.25, 0.3) is 0 Å². The van der Waals surface area contributed by atoms with E-state index in [4.69, 9.17) is 15.2 Å². The Morgan fingerprint density at radius 1 is 1.73 bits per heavy atom. The van der Waals surface area contributed by atoms with Gasteiger partial charge < -0.3 is 20.1 Å². The number of rotatable bonds is 4. The van der Waals surface area contributed by atoms with Crippen molar-refractivity contribution in [1.29, 1.82) is 0 Å². The average Bonchev–Trinajstić information content (AvgIpc) is 2.28. The number of hydrogen-bond acceptors (Lipinski definition) is 4. The van der Waals surface area contributed by atoms with Crippen LogP contribution in [0.15, 0.2) is 0 Å². The summed E-state index contributed by atoms with van der Waals surface area (Å²) < 4.78 is 10.5. The Hall–Kier alpha value is -0.650. The summed E-state index contributed by atoms with van der Waals surface area (Å²) in [6.45, 7) is 4.21. The third-order valence-corrected chi connectivity index (χ3v) is 2.56. The van der Waals surface area contributed by atoms with Crippen molar-refractivity contribution in [2.24, 2.45) is 5.73 Å². The van der Waals surface area contributed by atoms with Gasteiger partial charge in [-0.05, 0) is 6.42 Å². The van der Waals surface area contributed by atoms with E-state index in [0.717, 1.165) is 0 Å². The lowest BCUT2D eigenvalue weighted by molar-refractivity contribution is -0.142. The highest BCUT2D eigenvalue weighted by atomic mass is 16.5. The van der Waals surface area contributed by atoms with Crippen LogP contribution in [0.5, 0.6) is 0 Å². The van der Waals surface area contributed by atoms with E-state index in [1.807, 2.05) is 6.92 Å². The lowest BCUT2D eigenvalue weighted by Gasteiger charge is -2.33. The highest BCUT2D eigenvalue weighted by molar-refractivity contribution is 5.81. The van der Waals surface area contributed by atoms with Gasteiger partial charge >= 0.3 is 0 Å². The average molecular weight is 216 g/mol. The Kier molecular flexibility index (Phi) is 5.01. The van der Waals surface area contributed by atoms with E-state index in [2.05, 4.69) is 0 Å². The molecule has 0 aromatic rings. The van der Waals surface area contributed by atoms with Crippen LogP contribution in [0.4, 0.5) is 0 Å². The molecule has 1 fully saturated rings. The Morgan fingerprint density at radius 3 is 3.07 bits per heavy atom. The predicted molar refractivity (Wildman–Crippen MR) is 56.5 cm³/mol. The molecule has 0 bridgehead atoms. The Labute approximate surface area is 90.5 Å². The van der Waals surface area contributed by atoms with Gasteiger partial charge in [0.15, 0.2) is 0 Å². The monoisotopic (exact) mass is 216 g/mol. The summed E-state index contributed by atoms with van der Waals surface area (Å²) in [6, 6.07) is -0.383. The van der Waals surface area contributed by atoms with Gasteiger partial charge in [0.25, 0.3) is 0 Å². The zero-order valence-corrected chi connectivity index (χ0v) is 9.44. The maximum Gasteiger partial charge on any atom is 0.239 e. The number of hydrogen-bond donors (Lipinski definition) is 1. The van der Waals surface area contributed by atoms with Gasteiger partial charge in [-0.2, -0.15) is 0 Å². The highest BCUT2D eigenvalue weighted by Gasteiger charge is 2.26. The minimum atomic E-state index is -0.383. The Bertz CT molecular complexity index is 209. The van der Waals surface area contributed by atoms with Crippen LogP contribution in [-0.4, -0.2) is 56.4 Å². The van der Waals surface area contributed by atoms with Gasteiger partial charge in [-0.25, -0.2) is 0 Å². The first-order valence-electron chi connectivity index (χ1n) is 5.34. The fourth-order valence-corrected chi connectivity index (χ4v) is 1.62. The highest BCUT2D eigenvalue weighted by Crippen LogP contribution is 2.07. The summed E-state index contributed by atoms with van der Waals surface area (Å²) in [7, 11) is 1.63. The van der Waals surface area contributed by atoms with Crippen molar-refractivity contribution in [3.05, 3.63) is 0 Å². The molecule has 5 nitrogen and oxygen atoms in total. The normalized spacial score (nSPS) is 23.9. The number of methoxy groups -OCH3 is 1. The standard InChI is InChI=1S/C10H20N2O3/c1-3-9(11)10(13)12-4-5-15-8(6-12)7-14-2/h8-9H,3-7,11H2,1-2H3/t8?,9-/m0/s1. The summed E-state index contributed by atoms with van der Waals surface area (Å²) >= 11 is 0. The van der Waals surface area contributed by atoms with Crippen LogP contribution in [0.3, 0.4) is 0 Å². The van der Waals surface area contributed by atoms with Gasteiger partial charge in [-0.1, -0.05) is 6.92 Å². The molecule has 15 heavy (non-hydrogen) atoms. The zero-order chi connectivity index (χ0) is 11.3. The van der Waals surface area contributed by atoms with Crippen LogP contribution >= 0.6 is 0 Å². The molecule has 1 rings (SSSR count). The summed E-state index contributed by atoms with van der Waals surface area (Å²) in [6.07, 6.45) is 0.655. The van der Waals surface area contributed by atoms with Crippen molar-refractivity contribution >= 4 is 5.91 Å². The molecule has 1 amide bonds. The third-order valence-electron chi connectivity index (χ3n) is 2.56. The lowest BCUT2D eigenvalue weighted by atomic mass is 10.2. The number of carbonyl (C=O) groups excluding carboxylic acids is 1. The summed E-state index contributed by atoms with van der Waals surface area (Å²) in [5, 5.41) is 0. The topological polar surface area (TPSA) is 64.8 Å². The van der Waals surface area contributed by atoms with Gasteiger partial charge in [-0.3, -0.25) is 4.79 Å². The molecule has 1 aliphatic rings. The van der Waals surface area contributed by atoms with E-state index in [9.17, 15) is 4.79 Å². The molecule has 0 aliphatic carbocycles. The van der Waals surface area contributed by atoms with Crippen LogP contribution in [-0.2, 0) is 14.3 Å². The number of carbonyl (C=O) groups is 1. The van der Waals surface area contributed by atoms with Crippen LogP contribution in [0.1, 0.15) is 13.3 Å². The first kappa shape index (κ1) is 12.4. The molecular formula is C10H20N2O3. The molecule has 1 saturated heterocycles. The second-order valence-corrected chi connectivity index (χ2v) is 3.75. The molecule has 1 unspecified atom stereocenters. The molecule has 1 heterocycles. The van der Waals surface area contributed by atoms with Crippen molar-refractivity contribution in [2.75, 3.05) is 33.4 Å². The van der Waals surface area contributed by atoms with E-state index < -0.39 is 0 Å². The van der Waals surface area contributed by atoms with E-state index in [1.165, 1.54) is 0 Å². The number of amides is 1. The Morgan fingerprint density at radius 2 is 2.47 bits per heavy atom. The molecule has 0 aromatic carbocycles. The van der Waals surface area contributed by atoms with E-state index >= 15 is 0 Å². The van der Waals surface area contributed by atoms with E-state index in [0.29, 0.717) is 32.7 Å². The van der Waals surface area contributed by atoms with Crippen LogP contribution < -0.4 is 5.73 Å². The molecule has 0 radical (unpaired) electrons. The number of morpholine rings is 1. The fourth-order valence-electron chi connectivity index (χ4n) is 1.62. The van der Waals surface area contributed by atoms with Crippen molar-refractivity contribution in [1.82, 2.24) is 4.90 Å². The van der Waals surface area contributed by atoms with Crippen LogP contribution in [0, 0.1) is 0 Å². The smallest absolute Gasteiger partial charge is 0.239 e. The lowest BCUT2D eigenvalue weighted by Crippen LogP contribution is -2.52. The third kappa shape index (κ3) is 3.44. The van der Waals surface area contributed by atoms with Gasteiger partial charge in [0.1, 0.15) is 0 Å². The fraction of sp³-hybridized carbons (Fsp3) is 0.900. The van der Waals surface area contributed by atoms with Crippen molar-refractivity contribution in [3.63, 3.8) is 0 Å². The first-order valence-corrected chi connectivity index (χ1v) is 5.34. The molecule has 0 spiro atoms. The first-order chi connectivity index (χ1) is 7.19. The summed E-state index contributed by atoms with van der Waals surface area (Å²) in [5.41, 5.74) is 5.70. The summed E-state index contributed by atoms with van der Waals surface area (Å²) in [4.78, 5) is 13.5. The molecule has 0 aromatic heterocycles.